The molecule has 0 aromatic carbocycles. The Hall–Kier alpha value is -0.220. The van der Waals surface area contributed by atoms with Crippen molar-refractivity contribution in [1.82, 2.24) is 4.90 Å². The third-order valence-corrected chi connectivity index (χ3v) is 3.50. The molecule has 0 saturated heterocycles. The summed E-state index contributed by atoms with van der Waals surface area (Å²) in [4.78, 5) is 14.1. The van der Waals surface area contributed by atoms with E-state index in [9.17, 15) is 4.79 Å². The summed E-state index contributed by atoms with van der Waals surface area (Å²) >= 11 is 1.74. The van der Waals surface area contributed by atoms with E-state index in [1.165, 1.54) is 12.8 Å². The van der Waals surface area contributed by atoms with Crippen LogP contribution in [0, 0.1) is 0 Å². The van der Waals surface area contributed by atoms with Crippen LogP contribution in [0.1, 0.15) is 46.5 Å². The van der Waals surface area contributed by atoms with Crippen LogP contribution in [0.5, 0.6) is 0 Å². The zero-order valence-electron chi connectivity index (χ0n) is 11.7. The Bertz CT molecular complexity index is 210. The molecular formula is C13H28N2OS. The van der Waals surface area contributed by atoms with Crippen molar-refractivity contribution in [2.24, 2.45) is 5.73 Å². The number of carbonyl (C=O) groups excluding carboxylic acids is 1. The Morgan fingerprint density at radius 2 is 2.00 bits per heavy atom. The van der Waals surface area contributed by atoms with Gasteiger partial charge in [0.05, 0.1) is 6.04 Å². The summed E-state index contributed by atoms with van der Waals surface area (Å²) in [6.07, 6.45) is 6.25. The van der Waals surface area contributed by atoms with E-state index in [2.05, 4.69) is 20.8 Å². The van der Waals surface area contributed by atoms with Crippen molar-refractivity contribution in [3.8, 4) is 0 Å². The van der Waals surface area contributed by atoms with Gasteiger partial charge in [-0.15, -0.1) is 0 Å². The van der Waals surface area contributed by atoms with Gasteiger partial charge in [-0.05, 0) is 38.7 Å². The molecule has 3 nitrogen and oxygen atoms in total. The molecule has 2 N–H and O–H groups in total. The molecule has 1 amide bonds. The summed E-state index contributed by atoms with van der Waals surface area (Å²) in [5.74, 6) is 1.07. The fourth-order valence-corrected chi connectivity index (χ4v) is 2.23. The summed E-state index contributed by atoms with van der Waals surface area (Å²) in [5, 5.41) is 0. The highest BCUT2D eigenvalue weighted by molar-refractivity contribution is 7.98. The molecule has 0 aliphatic rings. The molecule has 0 aliphatic carbocycles. The van der Waals surface area contributed by atoms with Gasteiger partial charge in [0.25, 0.3) is 0 Å². The first kappa shape index (κ1) is 16.8. The maximum absolute atomic E-state index is 12.2. The zero-order chi connectivity index (χ0) is 13.3. The topological polar surface area (TPSA) is 46.3 Å². The van der Waals surface area contributed by atoms with Crippen molar-refractivity contribution < 1.29 is 4.79 Å². The van der Waals surface area contributed by atoms with E-state index in [0.29, 0.717) is 0 Å². The van der Waals surface area contributed by atoms with E-state index in [4.69, 9.17) is 5.73 Å². The molecule has 0 heterocycles. The zero-order valence-corrected chi connectivity index (χ0v) is 12.6. The van der Waals surface area contributed by atoms with Crippen LogP contribution in [0.2, 0.25) is 0 Å². The molecule has 0 radical (unpaired) electrons. The maximum Gasteiger partial charge on any atom is 0.239 e. The third-order valence-electron chi connectivity index (χ3n) is 2.86. The van der Waals surface area contributed by atoms with Crippen LogP contribution < -0.4 is 5.73 Å². The largest absolute Gasteiger partial charge is 0.339 e. The number of hydrogen-bond acceptors (Lipinski definition) is 3. The van der Waals surface area contributed by atoms with Gasteiger partial charge >= 0.3 is 0 Å². The lowest BCUT2D eigenvalue weighted by Gasteiger charge is -2.29. The second-order valence-electron chi connectivity index (χ2n) is 4.72. The number of amides is 1. The molecule has 0 aromatic heterocycles. The average molecular weight is 260 g/mol. The summed E-state index contributed by atoms with van der Waals surface area (Å²) in [5.41, 5.74) is 5.94. The van der Waals surface area contributed by atoms with Gasteiger partial charge in [-0.3, -0.25) is 4.79 Å². The van der Waals surface area contributed by atoms with Crippen molar-refractivity contribution in [3.05, 3.63) is 0 Å². The van der Waals surface area contributed by atoms with Crippen LogP contribution in [0.25, 0.3) is 0 Å². The second kappa shape index (κ2) is 9.77. The minimum Gasteiger partial charge on any atom is -0.339 e. The highest BCUT2D eigenvalue weighted by Crippen LogP contribution is 2.08. The Labute approximate surface area is 111 Å². The molecule has 0 unspecified atom stereocenters. The predicted octanol–water partition coefficient (Wildman–Crippen LogP) is 2.49. The molecule has 0 saturated carbocycles. The van der Waals surface area contributed by atoms with Crippen LogP contribution in [0.3, 0.4) is 0 Å². The molecule has 102 valence electrons. The van der Waals surface area contributed by atoms with Gasteiger partial charge in [0.2, 0.25) is 5.91 Å². The summed E-state index contributed by atoms with van der Waals surface area (Å²) in [7, 11) is 0. The van der Waals surface area contributed by atoms with Crippen LogP contribution in [0.4, 0.5) is 0 Å². The number of nitrogens with zero attached hydrogens (tertiary/aromatic N) is 1. The lowest BCUT2D eigenvalue weighted by Crippen LogP contribution is -2.47. The molecule has 4 heteroatoms. The van der Waals surface area contributed by atoms with E-state index < -0.39 is 0 Å². The van der Waals surface area contributed by atoms with Crippen molar-refractivity contribution in [1.29, 1.82) is 0 Å². The Morgan fingerprint density at radius 1 is 1.35 bits per heavy atom. The Kier molecular flexibility index (Phi) is 9.65. The van der Waals surface area contributed by atoms with Crippen molar-refractivity contribution >= 4 is 17.7 Å². The molecule has 0 aliphatic heterocycles. The van der Waals surface area contributed by atoms with E-state index in [1.807, 2.05) is 11.2 Å². The standard InChI is InChI=1S/C13H28N2OS/c1-5-6-7-9-15(11(2)3)13(16)12(14)8-10-17-4/h11-12H,5-10,14H2,1-4H3/t12-/m1/s1. The predicted molar refractivity (Wildman–Crippen MR) is 77.3 cm³/mol. The number of carbonyl (C=O) groups is 1. The monoisotopic (exact) mass is 260 g/mol. The Morgan fingerprint density at radius 3 is 2.47 bits per heavy atom. The molecular weight excluding hydrogens is 232 g/mol. The third kappa shape index (κ3) is 6.94. The van der Waals surface area contributed by atoms with Crippen LogP contribution in [0.15, 0.2) is 0 Å². The molecule has 0 bridgehead atoms. The minimum atomic E-state index is -0.327. The van der Waals surface area contributed by atoms with Gasteiger partial charge in [0, 0.05) is 12.6 Å². The van der Waals surface area contributed by atoms with Gasteiger partial charge < -0.3 is 10.6 Å². The van der Waals surface area contributed by atoms with Crippen LogP contribution in [-0.2, 0) is 4.79 Å². The van der Waals surface area contributed by atoms with Gasteiger partial charge in [0.15, 0.2) is 0 Å². The average Bonchev–Trinajstić information content (AvgIpc) is 2.30. The first-order chi connectivity index (χ1) is 8.04. The van der Waals surface area contributed by atoms with Crippen molar-refractivity contribution in [2.45, 2.75) is 58.5 Å². The smallest absolute Gasteiger partial charge is 0.239 e. The number of rotatable bonds is 9. The number of thioether (sulfide) groups is 1. The van der Waals surface area contributed by atoms with E-state index >= 15 is 0 Å². The molecule has 1 atom stereocenters. The normalized spacial score (nSPS) is 12.8. The van der Waals surface area contributed by atoms with Gasteiger partial charge in [-0.2, -0.15) is 11.8 Å². The second-order valence-corrected chi connectivity index (χ2v) is 5.71. The first-order valence-corrected chi connectivity index (χ1v) is 7.98. The van der Waals surface area contributed by atoms with Gasteiger partial charge in [-0.25, -0.2) is 0 Å². The molecule has 17 heavy (non-hydrogen) atoms. The maximum atomic E-state index is 12.2. The summed E-state index contributed by atoms with van der Waals surface area (Å²) in [6.45, 7) is 7.14. The highest BCUT2D eigenvalue weighted by atomic mass is 32.2. The van der Waals surface area contributed by atoms with Gasteiger partial charge in [-0.1, -0.05) is 19.8 Å². The minimum absolute atomic E-state index is 0.116. The molecule has 0 aromatic rings. The van der Waals surface area contributed by atoms with Crippen LogP contribution in [-0.4, -0.2) is 41.4 Å². The number of nitrogens with two attached hydrogens (primary N) is 1. The summed E-state index contributed by atoms with van der Waals surface area (Å²) < 4.78 is 0. The van der Waals surface area contributed by atoms with E-state index in [-0.39, 0.29) is 18.0 Å². The van der Waals surface area contributed by atoms with Crippen LogP contribution >= 0.6 is 11.8 Å². The first-order valence-electron chi connectivity index (χ1n) is 6.59. The number of hydrogen-bond donors (Lipinski definition) is 1. The molecule has 0 fully saturated rings. The highest BCUT2D eigenvalue weighted by Gasteiger charge is 2.22. The van der Waals surface area contributed by atoms with E-state index in [0.717, 1.165) is 25.1 Å². The SMILES string of the molecule is CCCCCN(C(=O)[C@H](N)CCSC)C(C)C. The van der Waals surface area contributed by atoms with E-state index in [1.54, 1.807) is 11.8 Å². The number of unbranched alkanes of at least 4 members (excludes halogenated alkanes) is 2. The lowest BCUT2D eigenvalue weighted by atomic mass is 10.1. The molecule has 0 rings (SSSR count). The fourth-order valence-electron chi connectivity index (χ4n) is 1.74. The fraction of sp³-hybridized carbons (Fsp3) is 0.923. The van der Waals surface area contributed by atoms with Crippen molar-refractivity contribution in [2.75, 3.05) is 18.6 Å². The lowest BCUT2D eigenvalue weighted by molar-refractivity contribution is -0.134. The quantitative estimate of drug-likeness (QED) is 0.648. The summed E-state index contributed by atoms with van der Waals surface area (Å²) in [6, 6.07) is -0.0776. The molecule has 0 spiro atoms. The van der Waals surface area contributed by atoms with Crippen molar-refractivity contribution in [3.63, 3.8) is 0 Å². The van der Waals surface area contributed by atoms with Gasteiger partial charge in [0.1, 0.15) is 0 Å². The Balaban J connectivity index is 4.22.